The third kappa shape index (κ3) is 5.33. The molecule has 6 heteroatoms. The van der Waals surface area contributed by atoms with Gasteiger partial charge in [-0.1, -0.05) is 59.7 Å². The van der Waals surface area contributed by atoms with Crippen molar-refractivity contribution < 1.29 is 13.2 Å². The van der Waals surface area contributed by atoms with E-state index in [1.807, 2.05) is 45.9 Å². The lowest BCUT2D eigenvalue weighted by molar-refractivity contribution is -0.120. The summed E-state index contributed by atoms with van der Waals surface area (Å²) in [5, 5.41) is 2.94. The number of rotatable bonds is 7. The summed E-state index contributed by atoms with van der Waals surface area (Å²) >= 11 is 0. The molecule has 0 aromatic heterocycles. The molecule has 0 aliphatic rings. The van der Waals surface area contributed by atoms with Gasteiger partial charge in [0, 0.05) is 0 Å². The molecule has 0 bridgehead atoms. The number of aryl methyl sites for hydroxylation is 3. The van der Waals surface area contributed by atoms with Crippen LogP contribution in [-0.2, 0) is 14.8 Å². The normalized spacial score (nSPS) is 12.3. The van der Waals surface area contributed by atoms with Crippen molar-refractivity contribution in [3.05, 3.63) is 95.1 Å². The summed E-state index contributed by atoms with van der Waals surface area (Å²) < 4.78 is 27.9. The number of nitrogens with one attached hydrogen (secondary N) is 1. The zero-order valence-electron chi connectivity index (χ0n) is 18.3. The minimum atomic E-state index is -3.91. The molecule has 0 radical (unpaired) electrons. The zero-order valence-corrected chi connectivity index (χ0v) is 19.1. The van der Waals surface area contributed by atoms with Gasteiger partial charge >= 0.3 is 0 Å². The van der Waals surface area contributed by atoms with E-state index in [0.717, 1.165) is 26.6 Å². The van der Waals surface area contributed by atoms with Crippen molar-refractivity contribution in [3.63, 3.8) is 0 Å². The predicted molar refractivity (Wildman–Crippen MR) is 125 cm³/mol. The van der Waals surface area contributed by atoms with Crippen LogP contribution in [-0.4, -0.2) is 20.9 Å². The van der Waals surface area contributed by atoms with Gasteiger partial charge in [-0.2, -0.15) is 0 Å². The van der Waals surface area contributed by atoms with Crippen molar-refractivity contribution >= 4 is 21.6 Å². The molecular formula is C25H28N2O3S. The summed E-state index contributed by atoms with van der Waals surface area (Å²) in [5.74, 6) is -0.369. The fraction of sp³-hybridized carbons (Fsp3) is 0.240. The maximum Gasteiger partial charge on any atom is 0.264 e. The Balaban J connectivity index is 1.87. The minimum Gasteiger partial charge on any atom is -0.348 e. The number of sulfonamides is 1. The van der Waals surface area contributed by atoms with Crippen molar-refractivity contribution in [3.8, 4) is 0 Å². The van der Waals surface area contributed by atoms with Crippen LogP contribution in [0.3, 0.4) is 0 Å². The van der Waals surface area contributed by atoms with Gasteiger partial charge in [0.25, 0.3) is 10.0 Å². The summed E-state index contributed by atoms with van der Waals surface area (Å²) in [6.07, 6.45) is 0. The molecule has 3 aromatic rings. The number of hydrogen-bond acceptors (Lipinski definition) is 3. The van der Waals surface area contributed by atoms with Gasteiger partial charge in [-0.15, -0.1) is 0 Å². The predicted octanol–water partition coefficient (Wildman–Crippen LogP) is 4.68. The summed E-state index contributed by atoms with van der Waals surface area (Å²) in [6, 6.07) is 21.1. The Hall–Kier alpha value is -3.12. The first-order chi connectivity index (χ1) is 14.7. The molecule has 1 amide bonds. The lowest BCUT2D eigenvalue weighted by Crippen LogP contribution is -2.41. The molecule has 0 saturated carbocycles. The number of amides is 1. The quantitative estimate of drug-likeness (QED) is 0.585. The van der Waals surface area contributed by atoms with E-state index in [2.05, 4.69) is 11.4 Å². The Morgan fingerprint density at radius 1 is 0.903 bits per heavy atom. The van der Waals surface area contributed by atoms with Crippen molar-refractivity contribution in [1.82, 2.24) is 5.32 Å². The van der Waals surface area contributed by atoms with Crippen molar-refractivity contribution in [2.45, 2.75) is 38.6 Å². The van der Waals surface area contributed by atoms with Crippen LogP contribution < -0.4 is 9.62 Å². The molecular weight excluding hydrogens is 408 g/mol. The largest absolute Gasteiger partial charge is 0.348 e. The summed E-state index contributed by atoms with van der Waals surface area (Å²) in [7, 11) is -3.91. The average Bonchev–Trinajstić information content (AvgIpc) is 2.72. The zero-order chi connectivity index (χ0) is 22.6. The monoisotopic (exact) mass is 436 g/mol. The summed E-state index contributed by atoms with van der Waals surface area (Å²) in [4.78, 5) is 13.1. The van der Waals surface area contributed by atoms with Gasteiger partial charge in [0.15, 0.2) is 0 Å². The molecule has 31 heavy (non-hydrogen) atoms. The third-order valence-corrected chi connectivity index (χ3v) is 7.00. The molecule has 0 aliphatic carbocycles. The van der Waals surface area contributed by atoms with E-state index in [1.165, 1.54) is 0 Å². The Bertz CT molecular complexity index is 1160. The van der Waals surface area contributed by atoms with Gasteiger partial charge in [0.05, 0.1) is 16.6 Å². The summed E-state index contributed by atoms with van der Waals surface area (Å²) in [6.45, 7) is 7.51. The second-order valence-corrected chi connectivity index (χ2v) is 9.67. The first kappa shape index (κ1) is 22.6. The fourth-order valence-corrected chi connectivity index (χ4v) is 4.97. The molecule has 0 aliphatic heterocycles. The van der Waals surface area contributed by atoms with Gasteiger partial charge in [0.2, 0.25) is 5.91 Å². The third-order valence-electron chi connectivity index (χ3n) is 5.21. The van der Waals surface area contributed by atoms with Gasteiger partial charge < -0.3 is 5.32 Å². The van der Waals surface area contributed by atoms with E-state index in [4.69, 9.17) is 0 Å². The van der Waals surface area contributed by atoms with Crippen LogP contribution in [0.15, 0.2) is 77.7 Å². The highest BCUT2D eigenvalue weighted by Gasteiger charge is 2.27. The highest BCUT2D eigenvalue weighted by Crippen LogP contribution is 2.24. The Morgan fingerprint density at radius 2 is 1.52 bits per heavy atom. The number of benzene rings is 3. The van der Waals surface area contributed by atoms with E-state index in [1.54, 1.807) is 48.5 Å². The molecule has 0 heterocycles. The van der Waals surface area contributed by atoms with Crippen LogP contribution in [0.4, 0.5) is 5.69 Å². The number of carbonyl (C=O) groups excluding carboxylic acids is 1. The van der Waals surface area contributed by atoms with Crippen LogP contribution in [0.25, 0.3) is 0 Å². The van der Waals surface area contributed by atoms with E-state index < -0.39 is 10.0 Å². The molecule has 1 N–H and O–H groups in total. The van der Waals surface area contributed by atoms with E-state index in [9.17, 15) is 13.2 Å². The Kier molecular flexibility index (Phi) is 6.81. The maximum atomic E-state index is 13.4. The first-order valence-electron chi connectivity index (χ1n) is 10.2. The smallest absolute Gasteiger partial charge is 0.264 e. The molecule has 0 unspecified atom stereocenters. The summed E-state index contributed by atoms with van der Waals surface area (Å²) in [5.41, 5.74) is 4.65. The number of anilines is 1. The molecule has 3 rings (SSSR count). The minimum absolute atomic E-state index is 0.150. The number of hydrogen-bond donors (Lipinski definition) is 1. The van der Waals surface area contributed by atoms with Crippen LogP contribution in [0.2, 0.25) is 0 Å². The maximum absolute atomic E-state index is 13.4. The van der Waals surface area contributed by atoms with Crippen molar-refractivity contribution in [1.29, 1.82) is 0 Å². The highest BCUT2D eigenvalue weighted by molar-refractivity contribution is 7.92. The van der Waals surface area contributed by atoms with Crippen LogP contribution in [0, 0.1) is 20.8 Å². The van der Waals surface area contributed by atoms with Crippen LogP contribution in [0.1, 0.15) is 35.2 Å². The van der Waals surface area contributed by atoms with Crippen molar-refractivity contribution in [2.24, 2.45) is 0 Å². The molecule has 3 aromatic carbocycles. The van der Waals surface area contributed by atoms with E-state index in [0.29, 0.717) is 5.69 Å². The molecule has 0 spiro atoms. The second kappa shape index (κ2) is 9.35. The Labute approximate surface area is 184 Å². The van der Waals surface area contributed by atoms with E-state index >= 15 is 0 Å². The topological polar surface area (TPSA) is 66.5 Å². The molecule has 0 fully saturated rings. The van der Waals surface area contributed by atoms with E-state index in [-0.39, 0.29) is 23.4 Å². The molecule has 0 saturated heterocycles. The van der Waals surface area contributed by atoms with Gasteiger partial charge in [-0.25, -0.2) is 8.42 Å². The standard InChI is InChI=1S/C25H28N2O3S/c1-18-10-13-23(14-11-18)31(29,30)27(22-8-6-5-7-9-22)17-25(28)26-21(4)24-15-12-19(2)16-20(24)3/h5-16,21H,17H2,1-4H3,(H,26,28)/t21-/m1/s1. The number of para-hydroxylation sites is 1. The molecule has 5 nitrogen and oxygen atoms in total. The first-order valence-corrected chi connectivity index (χ1v) is 11.6. The lowest BCUT2D eigenvalue weighted by Gasteiger charge is -2.25. The molecule has 1 atom stereocenters. The SMILES string of the molecule is Cc1ccc(S(=O)(=O)N(CC(=O)N[C@H](C)c2ccc(C)cc2C)c2ccccc2)cc1. The molecule has 162 valence electrons. The second-order valence-electron chi connectivity index (χ2n) is 7.81. The highest BCUT2D eigenvalue weighted by atomic mass is 32.2. The van der Waals surface area contributed by atoms with Crippen LogP contribution >= 0.6 is 0 Å². The van der Waals surface area contributed by atoms with Gasteiger partial charge in [-0.05, 0) is 63.1 Å². The average molecular weight is 437 g/mol. The Morgan fingerprint density at radius 3 is 2.13 bits per heavy atom. The van der Waals surface area contributed by atoms with Crippen molar-refractivity contribution in [2.75, 3.05) is 10.8 Å². The van der Waals surface area contributed by atoms with Gasteiger partial charge in [-0.3, -0.25) is 9.10 Å². The number of carbonyl (C=O) groups is 1. The fourth-order valence-electron chi connectivity index (χ4n) is 3.55. The number of nitrogens with zero attached hydrogens (tertiary/aromatic N) is 1. The lowest BCUT2D eigenvalue weighted by atomic mass is 10.0. The van der Waals surface area contributed by atoms with Gasteiger partial charge in [0.1, 0.15) is 6.54 Å². The van der Waals surface area contributed by atoms with Crippen LogP contribution in [0.5, 0.6) is 0 Å².